The van der Waals surface area contributed by atoms with Gasteiger partial charge >= 0.3 is 0 Å². The van der Waals surface area contributed by atoms with Crippen LogP contribution in [-0.2, 0) is 6.54 Å². The molecule has 0 radical (unpaired) electrons. The molecule has 0 unspecified atom stereocenters. The number of nitrogens with zero attached hydrogens (tertiary/aromatic N) is 3. The first-order valence-electron chi connectivity index (χ1n) is 7.70. The maximum Gasteiger partial charge on any atom is 0.103 e. The fourth-order valence-electron chi connectivity index (χ4n) is 3.20. The third-order valence-electron chi connectivity index (χ3n) is 4.17. The van der Waals surface area contributed by atoms with Crippen LogP contribution in [0.4, 0.5) is 5.69 Å². The van der Waals surface area contributed by atoms with E-state index in [2.05, 4.69) is 57.1 Å². The maximum atomic E-state index is 4.26. The van der Waals surface area contributed by atoms with Crippen molar-refractivity contribution in [3.05, 3.63) is 48.0 Å². The summed E-state index contributed by atoms with van der Waals surface area (Å²) >= 11 is 0. The van der Waals surface area contributed by atoms with Crippen LogP contribution >= 0.6 is 0 Å². The second kappa shape index (κ2) is 6.31. The van der Waals surface area contributed by atoms with Crippen molar-refractivity contribution >= 4 is 5.69 Å². The summed E-state index contributed by atoms with van der Waals surface area (Å²) in [5, 5.41) is 0. The quantitative estimate of drug-likeness (QED) is 0.917. The minimum absolute atomic E-state index is 0.749. The molecule has 1 aliphatic heterocycles. The molecule has 1 fully saturated rings. The third kappa shape index (κ3) is 3.64. The van der Waals surface area contributed by atoms with Crippen LogP contribution in [0.3, 0.4) is 0 Å². The van der Waals surface area contributed by atoms with Gasteiger partial charge in [-0.05, 0) is 38.4 Å². The first-order valence-corrected chi connectivity index (χ1v) is 7.70. The van der Waals surface area contributed by atoms with Gasteiger partial charge in [0.1, 0.15) is 5.82 Å². The zero-order chi connectivity index (χ0) is 14.7. The van der Waals surface area contributed by atoms with E-state index in [1.807, 2.05) is 13.1 Å². The molecular formula is C17H24N4. The number of hydrogen-bond acceptors (Lipinski definition) is 3. The molecule has 4 nitrogen and oxygen atoms in total. The Balaban J connectivity index is 1.50. The summed E-state index contributed by atoms with van der Waals surface area (Å²) in [6.45, 7) is 6.42. The summed E-state index contributed by atoms with van der Waals surface area (Å²) < 4.78 is 0. The smallest absolute Gasteiger partial charge is 0.103 e. The third-order valence-corrected chi connectivity index (χ3v) is 4.17. The Hall–Kier alpha value is -1.81. The van der Waals surface area contributed by atoms with E-state index in [4.69, 9.17) is 0 Å². The second-order valence-corrected chi connectivity index (χ2v) is 6.13. The normalized spacial score (nSPS) is 18.6. The highest BCUT2D eigenvalue weighted by atomic mass is 15.2. The molecule has 2 aromatic rings. The van der Waals surface area contributed by atoms with E-state index >= 15 is 0 Å². The number of aromatic nitrogens is 2. The predicted octanol–water partition coefficient (Wildman–Crippen LogP) is 2.68. The Bertz CT molecular complexity index is 563. The molecule has 0 aliphatic carbocycles. The molecule has 1 N–H and O–H groups in total. The first kappa shape index (κ1) is 14.1. The van der Waals surface area contributed by atoms with E-state index in [0.717, 1.165) is 31.4 Å². The van der Waals surface area contributed by atoms with Gasteiger partial charge in [-0.15, -0.1) is 0 Å². The number of nitrogens with one attached hydrogen (secondary N) is 1. The number of H-pyrrole nitrogens is 1. The first-order chi connectivity index (χ1) is 10.2. The Morgan fingerprint density at radius 1 is 1.33 bits per heavy atom. The van der Waals surface area contributed by atoms with E-state index in [-0.39, 0.29) is 0 Å². The molecule has 1 aliphatic rings. The van der Waals surface area contributed by atoms with E-state index in [1.54, 1.807) is 0 Å². The van der Waals surface area contributed by atoms with Gasteiger partial charge in [-0.2, -0.15) is 0 Å². The van der Waals surface area contributed by atoms with Crippen LogP contribution in [0.25, 0.3) is 0 Å². The molecule has 0 saturated carbocycles. The van der Waals surface area contributed by atoms with E-state index in [1.165, 1.54) is 24.3 Å². The van der Waals surface area contributed by atoms with Gasteiger partial charge in [0.25, 0.3) is 0 Å². The summed E-state index contributed by atoms with van der Waals surface area (Å²) in [5.74, 6) is 1.74. The summed E-state index contributed by atoms with van der Waals surface area (Å²) in [6.07, 6.45) is 3.22. The maximum absolute atomic E-state index is 4.26. The number of benzene rings is 1. The molecule has 21 heavy (non-hydrogen) atoms. The number of imidazole rings is 1. The predicted molar refractivity (Wildman–Crippen MR) is 86.4 cm³/mol. The molecule has 2 heterocycles. The lowest BCUT2D eigenvalue weighted by Gasteiger charge is -2.22. The Morgan fingerprint density at radius 3 is 2.86 bits per heavy atom. The molecular weight excluding hydrogens is 260 g/mol. The zero-order valence-electron chi connectivity index (χ0n) is 12.9. The number of anilines is 1. The van der Waals surface area contributed by atoms with Gasteiger partial charge in [0.05, 0.1) is 0 Å². The monoisotopic (exact) mass is 284 g/mol. The lowest BCUT2D eigenvalue weighted by Crippen LogP contribution is -2.28. The van der Waals surface area contributed by atoms with Crippen LogP contribution in [-0.4, -0.2) is 41.5 Å². The SMILES string of the molecule is Cc1ncc(CN(C)C[C@@H]2CCN(c3ccccc3)C2)[nH]1. The van der Waals surface area contributed by atoms with Crippen molar-refractivity contribution < 1.29 is 0 Å². The van der Waals surface area contributed by atoms with Crippen molar-refractivity contribution in [2.45, 2.75) is 19.9 Å². The van der Waals surface area contributed by atoms with Gasteiger partial charge in [-0.3, -0.25) is 0 Å². The number of hydrogen-bond donors (Lipinski definition) is 1. The molecule has 3 rings (SSSR count). The van der Waals surface area contributed by atoms with Crippen LogP contribution in [0.5, 0.6) is 0 Å². The van der Waals surface area contributed by atoms with Crippen LogP contribution in [0.15, 0.2) is 36.5 Å². The molecule has 112 valence electrons. The lowest BCUT2D eigenvalue weighted by molar-refractivity contribution is 0.277. The summed E-state index contributed by atoms with van der Waals surface area (Å²) in [6, 6.07) is 10.7. The zero-order valence-corrected chi connectivity index (χ0v) is 12.9. The summed E-state index contributed by atoms with van der Waals surface area (Å²) in [4.78, 5) is 12.5. The van der Waals surface area contributed by atoms with E-state index in [9.17, 15) is 0 Å². The minimum Gasteiger partial charge on any atom is -0.371 e. The van der Waals surface area contributed by atoms with Crippen LogP contribution in [0.2, 0.25) is 0 Å². The average Bonchev–Trinajstić information content (AvgIpc) is 3.09. The molecule has 1 aromatic carbocycles. The number of para-hydroxylation sites is 1. The number of aryl methyl sites for hydroxylation is 1. The van der Waals surface area contributed by atoms with Crippen LogP contribution < -0.4 is 4.90 Å². The van der Waals surface area contributed by atoms with Crippen LogP contribution in [0, 0.1) is 12.8 Å². The Morgan fingerprint density at radius 2 is 2.14 bits per heavy atom. The fraction of sp³-hybridized carbons (Fsp3) is 0.471. The van der Waals surface area contributed by atoms with E-state index < -0.39 is 0 Å². The van der Waals surface area contributed by atoms with Crippen molar-refractivity contribution in [2.75, 3.05) is 31.6 Å². The highest BCUT2D eigenvalue weighted by Crippen LogP contribution is 2.24. The molecule has 0 spiro atoms. The molecule has 1 aromatic heterocycles. The number of aromatic amines is 1. The van der Waals surface area contributed by atoms with E-state index in [0.29, 0.717) is 0 Å². The van der Waals surface area contributed by atoms with Crippen molar-refractivity contribution in [3.63, 3.8) is 0 Å². The van der Waals surface area contributed by atoms with Crippen molar-refractivity contribution in [2.24, 2.45) is 5.92 Å². The van der Waals surface area contributed by atoms with Gasteiger partial charge < -0.3 is 14.8 Å². The molecule has 0 amide bonds. The van der Waals surface area contributed by atoms with Gasteiger partial charge in [0.2, 0.25) is 0 Å². The average molecular weight is 284 g/mol. The summed E-state index contributed by atoms with van der Waals surface area (Å²) in [7, 11) is 2.20. The topological polar surface area (TPSA) is 35.2 Å². The van der Waals surface area contributed by atoms with Crippen LogP contribution in [0.1, 0.15) is 17.9 Å². The Labute approximate surface area is 126 Å². The highest BCUT2D eigenvalue weighted by Gasteiger charge is 2.23. The fourth-order valence-corrected chi connectivity index (χ4v) is 3.20. The minimum atomic E-state index is 0.749. The molecule has 4 heteroatoms. The molecule has 1 saturated heterocycles. The van der Waals surface area contributed by atoms with Crippen molar-refractivity contribution in [1.82, 2.24) is 14.9 Å². The molecule has 1 atom stereocenters. The largest absolute Gasteiger partial charge is 0.371 e. The second-order valence-electron chi connectivity index (χ2n) is 6.13. The van der Waals surface area contributed by atoms with Crippen molar-refractivity contribution in [3.8, 4) is 0 Å². The van der Waals surface area contributed by atoms with Gasteiger partial charge in [0, 0.05) is 43.8 Å². The van der Waals surface area contributed by atoms with Gasteiger partial charge in [0.15, 0.2) is 0 Å². The number of rotatable bonds is 5. The lowest BCUT2D eigenvalue weighted by atomic mass is 10.1. The Kier molecular flexibility index (Phi) is 4.25. The standard InChI is InChI=1S/C17H24N4/c1-14-18-10-16(19-14)13-20(2)11-15-8-9-21(12-15)17-6-4-3-5-7-17/h3-7,10,15H,8-9,11-13H2,1-2H3,(H,18,19)/t15-/m0/s1. The van der Waals surface area contributed by atoms with Gasteiger partial charge in [-0.1, -0.05) is 18.2 Å². The summed E-state index contributed by atoms with van der Waals surface area (Å²) in [5.41, 5.74) is 2.56. The van der Waals surface area contributed by atoms with Gasteiger partial charge in [-0.25, -0.2) is 4.98 Å². The highest BCUT2D eigenvalue weighted by molar-refractivity contribution is 5.46. The van der Waals surface area contributed by atoms with Crippen molar-refractivity contribution in [1.29, 1.82) is 0 Å². The molecule has 0 bridgehead atoms.